The maximum atomic E-state index is 11.9. The number of nitrogens with one attached hydrogen (secondary N) is 1. The molecule has 0 saturated carbocycles. The van der Waals surface area contributed by atoms with Crippen LogP contribution >= 0.6 is 0 Å². The minimum absolute atomic E-state index is 0.274. The first-order valence-electron chi connectivity index (χ1n) is 5.79. The van der Waals surface area contributed by atoms with E-state index in [0.29, 0.717) is 6.42 Å². The molecule has 0 heterocycles. The number of carboxylic acids is 1. The molecule has 1 rings (SSSR count). The van der Waals surface area contributed by atoms with Gasteiger partial charge in [0.15, 0.2) is 6.10 Å². The Morgan fingerprint density at radius 1 is 1.28 bits per heavy atom. The van der Waals surface area contributed by atoms with Crippen molar-refractivity contribution in [1.29, 1.82) is 0 Å². The molecule has 18 heavy (non-hydrogen) atoms. The highest BCUT2D eigenvalue weighted by molar-refractivity contribution is 5.84. The monoisotopic (exact) mass is 251 g/mol. The van der Waals surface area contributed by atoms with Crippen molar-refractivity contribution in [3.8, 4) is 0 Å². The van der Waals surface area contributed by atoms with Crippen molar-refractivity contribution in [2.75, 3.05) is 6.54 Å². The summed E-state index contributed by atoms with van der Waals surface area (Å²) in [5.41, 5.74) is 0.877. The van der Waals surface area contributed by atoms with Gasteiger partial charge in [0, 0.05) is 0 Å². The molecule has 0 radical (unpaired) electrons. The molecule has 0 aliphatic carbocycles. The van der Waals surface area contributed by atoms with Gasteiger partial charge in [0.25, 0.3) is 0 Å². The van der Waals surface area contributed by atoms with Crippen LogP contribution in [0.1, 0.15) is 24.8 Å². The molecule has 98 valence electrons. The number of carbonyl (C=O) groups is 2. The summed E-state index contributed by atoms with van der Waals surface area (Å²) in [6.07, 6.45) is -0.957. The lowest BCUT2D eigenvalue weighted by molar-refractivity contribution is -0.146. The van der Waals surface area contributed by atoms with Crippen LogP contribution in [0.3, 0.4) is 0 Å². The lowest BCUT2D eigenvalue weighted by Crippen LogP contribution is -2.38. The summed E-state index contributed by atoms with van der Waals surface area (Å²) in [5, 5.41) is 20.0. The second-order valence-electron chi connectivity index (χ2n) is 3.97. The predicted molar refractivity (Wildman–Crippen MR) is 66.1 cm³/mol. The Bertz CT molecular complexity index is 405. The van der Waals surface area contributed by atoms with Gasteiger partial charge in [-0.2, -0.15) is 0 Å². The van der Waals surface area contributed by atoms with Crippen LogP contribution in [0.25, 0.3) is 0 Å². The van der Waals surface area contributed by atoms with Crippen molar-refractivity contribution in [3.05, 3.63) is 35.9 Å². The van der Waals surface area contributed by atoms with Crippen molar-refractivity contribution in [2.24, 2.45) is 0 Å². The Labute approximate surface area is 105 Å². The van der Waals surface area contributed by atoms with Crippen LogP contribution in [0, 0.1) is 0 Å². The molecule has 1 aromatic carbocycles. The Morgan fingerprint density at radius 2 is 1.89 bits per heavy atom. The van der Waals surface area contributed by atoms with Crippen LogP contribution in [-0.2, 0) is 9.59 Å². The molecule has 0 aliphatic rings. The first-order chi connectivity index (χ1) is 8.56. The Hall–Kier alpha value is -1.88. The molecule has 0 bridgehead atoms. The van der Waals surface area contributed by atoms with Crippen LogP contribution < -0.4 is 5.32 Å². The summed E-state index contributed by atoms with van der Waals surface area (Å²) in [6.45, 7) is 1.60. The third-order valence-corrected chi connectivity index (χ3v) is 2.68. The van der Waals surface area contributed by atoms with Crippen molar-refractivity contribution >= 4 is 11.9 Å². The Morgan fingerprint density at radius 3 is 2.39 bits per heavy atom. The van der Waals surface area contributed by atoms with E-state index in [1.807, 2.05) is 37.3 Å². The molecule has 2 atom stereocenters. The first kappa shape index (κ1) is 14.2. The zero-order valence-electron chi connectivity index (χ0n) is 10.2. The number of rotatable bonds is 6. The summed E-state index contributed by atoms with van der Waals surface area (Å²) < 4.78 is 0. The van der Waals surface area contributed by atoms with E-state index in [2.05, 4.69) is 5.32 Å². The van der Waals surface area contributed by atoms with Gasteiger partial charge >= 0.3 is 5.97 Å². The number of carbonyl (C=O) groups excluding carboxylic acids is 1. The zero-order chi connectivity index (χ0) is 13.5. The molecule has 5 heteroatoms. The zero-order valence-corrected chi connectivity index (χ0v) is 10.2. The molecule has 0 spiro atoms. The second-order valence-corrected chi connectivity index (χ2v) is 3.97. The minimum Gasteiger partial charge on any atom is -0.479 e. The SMILES string of the molecule is CCC(C(=O)NC[C@H](O)C(=O)O)c1ccccc1. The van der Waals surface area contributed by atoms with E-state index in [1.54, 1.807) is 0 Å². The highest BCUT2D eigenvalue weighted by Gasteiger charge is 2.20. The van der Waals surface area contributed by atoms with Gasteiger partial charge in [-0.05, 0) is 12.0 Å². The normalized spacial score (nSPS) is 13.7. The van der Waals surface area contributed by atoms with Gasteiger partial charge in [-0.25, -0.2) is 4.79 Å². The topological polar surface area (TPSA) is 86.6 Å². The molecule has 1 amide bonds. The minimum atomic E-state index is -1.57. The highest BCUT2D eigenvalue weighted by Crippen LogP contribution is 2.18. The van der Waals surface area contributed by atoms with Crippen molar-refractivity contribution in [2.45, 2.75) is 25.4 Å². The smallest absolute Gasteiger partial charge is 0.334 e. The van der Waals surface area contributed by atoms with Crippen molar-refractivity contribution in [1.82, 2.24) is 5.32 Å². The molecular formula is C13H17NO4. The van der Waals surface area contributed by atoms with E-state index in [9.17, 15) is 9.59 Å². The summed E-state index contributed by atoms with van der Waals surface area (Å²) in [5.74, 6) is -1.95. The summed E-state index contributed by atoms with van der Waals surface area (Å²) >= 11 is 0. The van der Waals surface area contributed by atoms with E-state index in [1.165, 1.54) is 0 Å². The molecule has 1 unspecified atom stereocenters. The second kappa shape index (κ2) is 6.76. The van der Waals surface area contributed by atoms with Gasteiger partial charge in [0.2, 0.25) is 5.91 Å². The standard InChI is InChI=1S/C13H17NO4/c1-2-10(9-6-4-3-5-7-9)12(16)14-8-11(15)13(17)18/h3-7,10-11,15H,2,8H2,1H3,(H,14,16)(H,17,18)/t10?,11-/m0/s1. The van der Waals surface area contributed by atoms with E-state index >= 15 is 0 Å². The molecule has 0 saturated heterocycles. The van der Waals surface area contributed by atoms with Gasteiger partial charge in [-0.1, -0.05) is 37.3 Å². The number of amides is 1. The molecule has 1 aromatic rings. The van der Waals surface area contributed by atoms with Gasteiger partial charge in [-0.15, -0.1) is 0 Å². The van der Waals surface area contributed by atoms with E-state index in [4.69, 9.17) is 10.2 Å². The number of aliphatic carboxylic acids is 1. The van der Waals surface area contributed by atoms with E-state index in [-0.39, 0.29) is 18.4 Å². The van der Waals surface area contributed by atoms with Crippen LogP contribution in [0.2, 0.25) is 0 Å². The van der Waals surface area contributed by atoms with Crippen molar-refractivity contribution in [3.63, 3.8) is 0 Å². The number of aliphatic hydroxyl groups is 1. The van der Waals surface area contributed by atoms with Gasteiger partial charge in [0.1, 0.15) is 0 Å². The Kier molecular flexibility index (Phi) is 5.32. The number of aliphatic hydroxyl groups excluding tert-OH is 1. The molecular weight excluding hydrogens is 234 g/mol. The summed E-state index contributed by atoms with van der Waals surface area (Å²) in [6, 6.07) is 9.25. The number of hydrogen-bond acceptors (Lipinski definition) is 3. The third kappa shape index (κ3) is 3.85. The third-order valence-electron chi connectivity index (χ3n) is 2.68. The van der Waals surface area contributed by atoms with Crippen LogP contribution in [-0.4, -0.2) is 34.7 Å². The van der Waals surface area contributed by atoms with Crippen molar-refractivity contribution < 1.29 is 19.8 Å². The molecule has 0 aromatic heterocycles. The average molecular weight is 251 g/mol. The first-order valence-corrected chi connectivity index (χ1v) is 5.79. The predicted octanol–water partition coefficient (Wildman–Crippen LogP) is 0.742. The average Bonchev–Trinajstić information content (AvgIpc) is 2.38. The van der Waals surface area contributed by atoms with Gasteiger partial charge in [0.05, 0.1) is 12.5 Å². The molecule has 0 fully saturated rings. The maximum Gasteiger partial charge on any atom is 0.334 e. The number of benzene rings is 1. The number of hydrogen-bond donors (Lipinski definition) is 3. The van der Waals surface area contributed by atoms with Crippen LogP contribution in [0.5, 0.6) is 0 Å². The van der Waals surface area contributed by atoms with Gasteiger partial charge in [-0.3, -0.25) is 4.79 Å². The number of carboxylic acid groups (broad SMARTS) is 1. The fraction of sp³-hybridized carbons (Fsp3) is 0.385. The molecule has 0 aliphatic heterocycles. The van der Waals surface area contributed by atoms with Gasteiger partial charge < -0.3 is 15.5 Å². The highest BCUT2D eigenvalue weighted by atomic mass is 16.4. The fourth-order valence-corrected chi connectivity index (χ4v) is 1.67. The molecule has 5 nitrogen and oxygen atoms in total. The Balaban J connectivity index is 2.61. The molecule has 3 N–H and O–H groups in total. The largest absolute Gasteiger partial charge is 0.479 e. The summed E-state index contributed by atoms with van der Waals surface area (Å²) in [7, 11) is 0. The lowest BCUT2D eigenvalue weighted by Gasteiger charge is -2.16. The summed E-state index contributed by atoms with van der Waals surface area (Å²) in [4.78, 5) is 22.3. The lowest BCUT2D eigenvalue weighted by atomic mass is 9.95. The maximum absolute atomic E-state index is 11.9. The van der Waals surface area contributed by atoms with Crippen LogP contribution in [0.4, 0.5) is 0 Å². The van der Waals surface area contributed by atoms with E-state index in [0.717, 1.165) is 5.56 Å². The van der Waals surface area contributed by atoms with Crippen LogP contribution in [0.15, 0.2) is 30.3 Å². The van der Waals surface area contributed by atoms with E-state index < -0.39 is 12.1 Å². The quantitative estimate of drug-likeness (QED) is 0.696. The fourth-order valence-electron chi connectivity index (χ4n) is 1.67.